The Labute approximate surface area is 104 Å². The van der Waals surface area contributed by atoms with E-state index in [2.05, 4.69) is 15.9 Å². The predicted molar refractivity (Wildman–Crippen MR) is 61.5 cm³/mol. The molecule has 0 aromatic heterocycles. The average Bonchev–Trinajstić information content (AvgIpc) is 2.19. The van der Waals surface area contributed by atoms with E-state index in [4.69, 9.17) is 5.11 Å². The van der Waals surface area contributed by atoms with Gasteiger partial charge in [0.25, 0.3) is 0 Å². The van der Waals surface area contributed by atoms with Gasteiger partial charge in [-0.25, -0.2) is 0 Å². The Balaban J connectivity index is 2.92. The van der Waals surface area contributed by atoms with Crippen LogP contribution in [0.3, 0.4) is 0 Å². The second-order valence-corrected chi connectivity index (χ2v) is 5.59. The maximum atomic E-state index is 12.4. The monoisotopic (exact) mass is 314 g/mol. The van der Waals surface area contributed by atoms with Gasteiger partial charge in [-0.2, -0.15) is 13.2 Å². The first kappa shape index (κ1) is 13.9. The van der Waals surface area contributed by atoms with E-state index in [-0.39, 0.29) is 11.9 Å². The smallest absolute Gasteiger partial charge is 0.395 e. The summed E-state index contributed by atoms with van der Waals surface area (Å²) >= 11 is 4.42. The molecule has 0 saturated carbocycles. The van der Waals surface area contributed by atoms with E-state index < -0.39 is 11.7 Å². The fraction of sp³-hybridized carbons (Fsp3) is 0.400. The predicted octanol–water partition coefficient (Wildman–Crippen LogP) is 3.94. The van der Waals surface area contributed by atoms with E-state index in [0.29, 0.717) is 9.37 Å². The Hall–Kier alpha value is -0.200. The number of aliphatic hydroxyl groups excluding tert-OH is 1. The van der Waals surface area contributed by atoms with Gasteiger partial charge in [0.15, 0.2) is 0 Å². The zero-order chi connectivity index (χ0) is 12.3. The summed E-state index contributed by atoms with van der Waals surface area (Å²) < 4.78 is 37.5. The van der Waals surface area contributed by atoms with Gasteiger partial charge in [-0.1, -0.05) is 6.92 Å². The summed E-state index contributed by atoms with van der Waals surface area (Å²) in [6.07, 6.45) is -4.33. The van der Waals surface area contributed by atoms with Crippen molar-refractivity contribution in [2.75, 3.05) is 6.61 Å². The fourth-order valence-electron chi connectivity index (χ4n) is 1.03. The van der Waals surface area contributed by atoms with Crippen molar-refractivity contribution in [2.24, 2.45) is 0 Å². The SMILES string of the molecule is CC(CO)Sc1ccc(C(F)(F)F)cc1Br. The summed E-state index contributed by atoms with van der Waals surface area (Å²) in [5.41, 5.74) is -0.680. The van der Waals surface area contributed by atoms with Crippen molar-refractivity contribution in [1.82, 2.24) is 0 Å². The summed E-state index contributed by atoms with van der Waals surface area (Å²) in [7, 11) is 0. The highest BCUT2D eigenvalue weighted by Crippen LogP contribution is 2.36. The number of alkyl halides is 3. The Morgan fingerprint density at radius 1 is 1.44 bits per heavy atom. The molecule has 0 saturated heterocycles. The zero-order valence-corrected chi connectivity index (χ0v) is 10.8. The Morgan fingerprint density at radius 2 is 2.06 bits per heavy atom. The van der Waals surface area contributed by atoms with Gasteiger partial charge < -0.3 is 5.11 Å². The third-order valence-electron chi connectivity index (χ3n) is 1.84. The van der Waals surface area contributed by atoms with Gasteiger partial charge in [-0.05, 0) is 34.1 Å². The number of thioether (sulfide) groups is 1. The number of benzene rings is 1. The lowest BCUT2D eigenvalue weighted by Gasteiger charge is -2.12. The van der Waals surface area contributed by atoms with Crippen LogP contribution in [0.4, 0.5) is 13.2 Å². The van der Waals surface area contributed by atoms with Crippen LogP contribution in [-0.4, -0.2) is 17.0 Å². The van der Waals surface area contributed by atoms with Gasteiger partial charge in [0.2, 0.25) is 0 Å². The van der Waals surface area contributed by atoms with Crippen LogP contribution >= 0.6 is 27.7 Å². The molecule has 0 aliphatic heterocycles. The number of hydrogen-bond acceptors (Lipinski definition) is 2. The number of halogens is 4. The minimum atomic E-state index is -4.33. The normalized spacial score (nSPS) is 13.9. The maximum absolute atomic E-state index is 12.4. The molecule has 1 N–H and O–H groups in total. The first-order valence-corrected chi connectivity index (χ1v) is 6.16. The molecule has 0 amide bonds. The second-order valence-electron chi connectivity index (χ2n) is 3.25. The highest BCUT2D eigenvalue weighted by Gasteiger charge is 2.30. The summed E-state index contributed by atoms with van der Waals surface area (Å²) in [4.78, 5) is 0.689. The van der Waals surface area contributed by atoms with Crippen LogP contribution in [0.5, 0.6) is 0 Å². The summed E-state index contributed by atoms with van der Waals surface area (Å²) in [5.74, 6) is 0. The van der Waals surface area contributed by atoms with E-state index >= 15 is 0 Å². The molecule has 0 aliphatic carbocycles. The van der Waals surface area contributed by atoms with Gasteiger partial charge >= 0.3 is 6.18 Å². The topological polar surface area (TPSA) is 20.2 Å². The van der Waals surface area contributed by atoms with Gasteiger partial charge in [-0.15, -0.1) is 11.8 Å². The lowest BCUT2D eigenvalue weighted by molar-refractivity contribution is -0.137. The van der Waals surface area contributed by atoms with Gasteiger partial charge in [-0.3, -0.25) is 0 Å². The zero-order valence-electron chi connectivity index (χ0n) is 8.38. The Kier molecular flexibility index (Phi) is 4.70. The van der Waals surface area contributed by atoms with Crippen molar-refractivity contribution < 1.29 is 18.3 Å². The van der Waals surface area contributed by atoms with Crippen molar-refractivity contribution in [3.63, 3.8) is 0 Å². The van der Waals surface area contributed by atoms with Crippen LogP contribution < -0.4 is 0 Å². The van der Waals surface area contributed by atoms with Crippen molar-refractivity contribution in [3.8, 4) is 0 Å². The molecule has 6 heteroatoms. The molecule has 1 unspecified atom stereocenters. The quantitative estimate of drug-likeness (QED) is 0.853. The molecule has 0 spiro atoms. The first-order valence-electron chi connectivity index (χ1n) is 4.49. The van der Waals surface area contributed by atoms with E-state index in [0.717, 1.165) is 12.1 Å². The van der Waals surface area contributed by atoms with Crippen LogP contribution in [0, 0.1) is 0 Å². The molecule has 0 fully saturated rings. The highest BCUT2D eigenvalue weighted by molar-refractivity contribution is 9.10. The Bertz CT molecular complexity index is 368. The van der Waals surface area contributed by atoms with Crippen molar-refractivity contribution in [1.29, 1.82) is 0 Å². The molecule has 0 radical (unpaired) electrons. The summed E-state index contributed by atoms with van der Waals surface area (Å²) in [5, 5.41) is 8.81. The van der Waals surface area contributed by atoms with E-state index in [1.165, 1.54) is 17.8 Å². The van der Waals surface area contributed by atoms with E-state index in [9.17, 15) is 13.2 Å². The molecule has 1 atom stereocenters. The molecule has 1 rings (SSSR count). The Morgan fingerprint density at radius 3 is 2.50 bits per heavy atom. The minimum Gasteiger partial charge on any atom is -0.395 e. The highest BCUT2D eigenvalue weighted by atomic mass is 79.9. The molecular formula is C10H10BrF3OS. The number of aliphatic hydroxyl groups is 1. The van der Waals surface area contributed by atoms with Gasteiger partial charge in [0, 0.05) is 14.6 Å². The largest absolute Gasteiger partial charge is 0.416 e. The molecule has 0 bridgehead atoms. The van der Waals surface area contributed by atoms with Gasteiger partial charge in [0.05, 0.1) is 12.2 Å². The van der Waals surface area contributed by atoms with E-state index in [1.807, 2.05) is 0 Å². The van der Waals surface area contributed by atoms with Crippen LogP contribution in [0.1, 0.15) is 12.5 Å². The number of hydrogen-bond donors (Lipinski definition) is 1. The van der Waals surface area contributed by atoms with Crippen molar-refractivity contribution in [3.05, 3.63) is 28.2 Å². The summed E-state index contributed by atoms with van der Waals surface area (Å²) in [6, 6.07) is 3.49. The second kappa shape index (κ2) is 5.42. The molecule has 1 aromatic rings. The van der Waals surface area contributed by atoms with Crippen LogP contribution in [0.2, 0.25) is 0 Å². The number of rotatable bonds is 3. The van der Waals surface area contributed by atoms with Crippen LogP contribution in [-0.2, 0) is 6.18 Å². The summed E-state index contributed by atoms with van der Waals surface area (Å²) in [6.45, 7) is 1.78. The molecular weight excluding hydrogens is 305 g/mol. The van der Waals surface area contributed by atoms with E-state index in [1.54, 1.807) is 6.92 Å². The average molecular weight is 315 g/mol. The maximum Gasteiger partial charge on any atom is 0.416 e. The third kappa shape index (κ3) is 3.68. The van der Waals surface area contributed by atoms with Crippen molar-refractivity contribution >= 4 is 27.7 Å². The molecule has 1 nitrogen and oxygen atoms in total. The van der Waals surface area contributed by atoms with Crippen LogP contribution in [0.25, 0.3) is 0 Å². The lowest BCUT2D eigenvalue weighted by atomic mass is 10.2. The van der Waals surface area contributed by atoms with Gasteiger partial charge in [0.1, 0.15) is 0 Å². The standard InChI is InChI=1S/C10H10BrF3OS/c1-6(5-15)16-9-3-2-7(4-8(9)11)10(12,13)14/h2-4,6,15H,5H2,1H3. The van der Waals surface area contributed by atoms with Crippen LogP contribution in [0.15, 0.2) is 27.6 Å². The lowest BCUT2D eigenvalue weighted by Crippen LogP contribution is -2.05. The molecule has 90 valence electrons. The third-order valence-corrected chi connectivity index (χ3v) is 3.92. The molecule has 0 heterocycles. The fourth-order valence-corrected chi connectivity index (χ4v) is 2.51. The molecule has 0 aliphatic rings. The molecule has 1 aromatic carbocycles. The molecule has 16 heavy (non-hydrogen) atoms. The minimum absolute atomic E-state index is 0.0157. The van der Waals surface area contributed by atoms with Crippen molar-refractivity contribution in [2.45, 2.75) is 23.2 Å². The first-order chi connectivity index (χ1) is 7.34.